The molecule has 0 aliphatic carbocycles. The molecule has 0 spiro atoms. The first kappa shape index (κ1) is 15.8. The largest absolute Gasteiger partial charge is 0.486 e. The van der Waals surface area contributed by atoms with E-state index in [1.807, 2.05) is 12.1 Å². The second-order valence-electron chi connectivity index (χ2n) is 5.73. The summed E-state index contributed by atoms with van der Waals surface area (Å²) >= 11 is 1.62. The Hall–Kier alpha value is -2.08. The number of nitrogens with one attached hydrogen (secondary N) is 1. The van der Waals surface area contributed by atoms with Crippen molar-refractivity contribution >= 4 is 22.9 Å². The number of benzene rings is 1. The van der Waals surface area contributed by atoms with Gasteiger partial charge in [0.2, 0.25) is 5.91 Å². The minimum Gasteiger partial charge on any atom is -0.486 e. The Kier molecular flexibility index (Phi) is 4.81. The second-order valence-corrected chi connectivity index (χ2v) is 6.67. The number of hydrogen-bond acceptors (Lipinski definition) is 5. The number of amides is 1. The predicted octanol–water partition coefficient (Wildman–Crippen LogP) is 3.61. The standard InChI is InChI=1S/C17H20N2O3S/c1-11(2)13-10-23-17(19-13)6-5-16(20)18-12-3-4-14-15(9-12)22-8-7-21-14/h3-4,9-11H,5-8H2,1-2H3,(H,18,20). The molecule has 1 aliphatic rings. The van der Waals surface area contributed by atoms with Gasteiger partial charge < -0.3 is 14.8 Å². The third-order valence-electron chi connectivity index (χ3n) is 3.55. The van der Waals surface area contributed by atoms with Crippen molar-refractivity contribution in [1.82, 2.24) is 4.98 Å². The van der Waals surface area contributed by atoms with Crippen LogP contribution in [-0.2, 0) is 11.2 Å². The molecule has 0 bridgehead atoms. The van der Waals surface area contributed by atoms with Gasteiger partial charge in [0.25, 0.3) is 0 Å². The van der Waals surface area contributed by atoms with Gasteiger partial charge in [-0.05, 0) is 18.1 Å². The molecule has 122 valence electrons. The lowest BCUT2D eigenvalue weighted by Gasteiger charge is -2.19. The van der Waals surface area contributed by atoms with Crippen LogP contribution in [-0.4, -0.2) is 24.1 Å². The quantitative estimate of drug-likeness (QED) is 0.908. The molecule has 1 N–H and O–H groups in total. The third-order valence-corrected chi connectivity index (χ3v) is 4.48. The monoisotopic (exact) mass is 332 g/mol. The zero-order chi connectivity index (χ0) is 16.2. The van der Waals surface area contributed by atoms with E-state index in [9.17, 15) is 4.79 Å². The first-order valence-electron chi connectivity index (χ1n) is 7.75. The summed E-state index contributed by atoms with van der Waals surface area (Å²) in [5, 5.41) is 5.97. The maximum atomic E-state index is 12.1. The fourth-order valence-corrected chi connectivity index (χ4v) is 3.23. The van der Waals surface area contributed by atoms with Crippen LogP contribution in [0, 0.1) is 0 Å². The summed E-state index contributed by atoms with van der Waals surface area (Å²) in [6, 6.07) is 5.44. The van der Waals surface area contributed by atoms with Gasteiger partial charge in [-0.1, -0.05) is 13.8 Å². The molecular weight excluding hydrogens is 312 g/mol. The highest BCUT2D eigenvalue weighted by Crippen LogP contribution is 2.32. The Morgan fingerprint density at radius 3 is 2.83 bits per heavy atom. The van der Waals surface area contributed by atoms with Gasteiger partial charge in [0.05, 0.1) is 10.7 Å². The normalized spacial score (nSPS) is 13.2. The molecule has 0 saturated heterocycles. The molecule has 1 amide bonds. The van der Waals surface area contributed by atoms with Crippen LogP contribution in [0.1, 0.15) is 36.9 Å². The van der Waals surface area contributed by atoms with Crippen LogP contribution in [0.4, 0.5) is 5.69 Å². The van der Waals surface area contributed by atoms with E-state index in [1.54, 1.807) is 17.4 Å². The topological polar surface area (TPSA) is 60.5 Å². The first-order chi connectivity index (χ1) is 11.1. The molecule has 0 saturated carbocycles. The lowest BCUT2D eigenvalue weighted by atomic mass is 10.2. The summed E-state index contributed by atoms with van der Waals surface area (Å²) in [6.45, 7) is 5.33. The molecule has 0 atom stereocenters. The molecule has 5 nitrogen and oxygen atoms in total. The van der Waals surface area contributed by atoms with Gasteiger partial charge in [0, 0.05) is 30.0 Å². The molecule has 1 aliphatic heterocycles. The maximum Gasteiger partial charge on any atom is 0.224 e. The average Bonchev–Trinajstić information content (AvgIpc) is 3.02. The van der Waals surface area contributed by atoms with Crippen LogP contribution < -0.4 is 14.8 Å². The number of aryl methyl sites for hydroxylation is 1. The molecule has 0 unspecified atom stereocenters. The molecule has 2 heterocycles. The van der Waals surface area contributed by atoms with Gasteiger partial charge in [-0.3, -0.25) is 4.79 Å². The molecule has 6 heteroatoms. The Labute approximate surface area is 139 Å². The van der Waals surface area contributed by atoms with Crippen LogP contribution >= 0.6 is 11.3 Å². The van der Waals surface area contributed by atoms with E-state index < -0.39 is 0 Å². The van der Waals surface area contributed by atoms with E-state index in [1.165, 1.54) is 0 Å². The van der Waals surface area contributed by atoms with Crippen molar-refractivity contribution < 1.29 is 14.3 Å². The summed E-state index contributed by atoms with van der Waals surface area (Å²) < 4.78 is 11.0. The summed E-state index contributed by atoms with van der Waals surface area (Å²) in [7, 11) is 0. The molecule has 1 aromatic carbocycles. The Balaban J connectivity index is 1.54. The summed E-state index contributed by atoms with van der Waals surface area (Å²) in [5.74, 6) is 1.79. The van der Waals surface area contributed by atoms with Gasteiger partial charge in [0.15, 0.2) is 11.5 Å². The number of ether oxygens (including phenoxy) is 2. The Morgan fingerprint density at radius 2 is 2.09 bits per heavy atom. The fraction of sp³-hybridized carbons (Fsp3) is 0.412. The van der Waals surface area contributed by atoms with Gasteiger partial charge in [0.1, 0.15) is 13.2 Å². The van der Waals surface area contributed by atoms with E-state index >= 15 is 0 Å². The molecule has 23 heavy (non-hydrogen) atoms. The number of fused-ring (bicyclic) bond motifs is 1. The first-order valence-corrected chi connectivity index (χ1v) is 8.63. The second kappa shape index (κ2) is 7.00. The van der Waals surface area contributed by atoms with E-state index in [0.717, 1.165) is 22.1 Å². The van der Waals surface area contributed by atoms with Gasteiger partial charge in [-0.15, -0.1) is 11.3 Å². The van der Waals surface area contributed by atoms with Crippen LogP contribution in [0.5, 0.6) is 11.5 Å². The van der Waals surface area contributed by atoms with Crippen molar-refractivity contribution in [2.45, 2.75) is 32.6 Å². The van der Waals surface area contributed by atoms with Crippen LogP contribution in [0.2, 0.25) is 0 Å². The third kappa shape index (κ3) is 4.01. The number of thiazole rings is 1. The number of aromatic nitrogens is 1. The summed E-state index contributed by atoms with van der Waals surface area (Å²) in [4.78, 5) is 16.6. The number of anilines is 1. The van der Waals surface area contributed by atoms with Crippen molar-refractivity contribution in [2.75, 3.05) is 18.5 Å². The average molecular weight is 332 g/mol. The lowest BCUT2D eigenvalue weighted by Crippen LogP contribution is -2.16. The minimum atomic E-state index is -0.0250. The maximum absolute atomic E-state index is 12.1. The van der Waals surface area contributed by atoms with E-state index in [4.69, 9.17) is 9.47 Å². The Morgan fingerprint density at radius 1 is 1.30 bits per heavy atom. The molecule has 2 aromatic rings. The minimum absolute atomic E-state index is 0.0250. The Bertz CT molecular complexity index is 697. The summed E-state index contributed by atoms with van der Waals surface area (Å²) in [6.07, 6.45) is 1.08. The number of carbonyl (C=O) groups is 1. The zero-order valence-corrected chi connectivity index (χ0v) is 14.1. The van der Waals surface area contributed by atoms with E-state index in [2.05, 4.69) is 29.5 Å². The number of nitrogens with zero attached hydrogens (tertiary/aromatic N) is 1. The molecular formula is C17H20N2O3S. The van der Waals surface area contributed by atoms with E-state index in [-0.39, 0.29) is 5.91 Å². The van der Waals surface area contributed by atoms with Crippen molar-refractivity contribution in [3.05, 3.63) is 34.3 Å². The highest BCUT2D eigenvalue weighted by Gasteiger charge is 2.13. The number of carbonyl (C=O) groups excluding carboxylic acids is 1. The van der Waals surface area contributed by atoms with Crippen LogP contribution in [0.15, 0.2) is 23.6 Å². The number of hydrogen-bond donors (Lipinski definition) is 1. The lowest BCUT2D eigenvalue weighted by molar-refractivity contribution is -0.116. The van der Waals surface area contributed by atoms with Crippen molar-refractivity contribution in [2.24, 2.45) is 0 Å². The number of rotatable bonds is 5. The van der Waals surface area contributed by atoms with Crippen molar-refractivity contribution in [3.63, 3.8) is 0 Å². The summed E-state index contributed by atoms with van der Waals surface area (Å²) in [5.41, 5.74) is 1.82. The SMILES string of the molecule is CC(C)c1csc(CCC(=O)Nc2ccc3c(c2)OCCO3)n1. The highest BCUT2D eigenvalue weighted by molar-refractivity contribution is 7.09. The van der Waals surface area contributed by atoms with Crippen LogP contribution in [0.25, 0.3) is 0 Å². The van der Waals surface area contributed by atoms with Gasteiger partial charge in [-0.25, -0.2) is 4.98 Å². The molecule has 0 fully saturated rings. The van der Waals surface area contributed by atoms with Crippen LogP contribution in [0.3, 0.4) is 0 Å². The fourth-order valence-electron chi connectivity index (χ4n) is 2.27. The van der Waals surface area contributed by atoms with Gasteiger partial charge >= 0.3 is 0 Å². The molecule has 3 rings (SSSR count). The predicted molar refractivity (Wildman–Crippen MR) is 90.6 cm³/mol. The van der Waals surface area contributed by atoms with Crippen molar-refractivity contribution in [1.29, 1.82) is 0 Å². The smallest absolute Gasteiger partial charge is 0.224 e. The molecule has 1 aromatic heterocycles. The van der Waals surface area contributed by atoms with E-state index in [0.29, 0.717) is 37.7 Å². The zero-order valence-electron chi connectivity index (χ0n) is 13.3. The molecule has 0 radical (unpaired) electrons. The van der Waals surface area contributed by atoms with Crippen molar-refractivity contribution in [3.8, 4) is 11.5 Å². The highest BCUT2D eigenvalue weighted by atomic mass is 32.1. The van der Waals surface area contributed by atoms with Gasteiger partial charge in [-0.2, -0.15) is 0 Å².